The maximum Gasteiger partial charge on any atom is 0.315 e. The summed E-state index contributed by atoms with van der Waals surface area (Å²) >= 11 is 0. The van der Waals surface area contributed by atoms with Crippen LogP contribution in [-0.2, 0) is 9.53 Å². The summed E-state index contributed by atoms with van der Waals surface area (Å²) in [6.07, 6.45) is 0.361. The van der Waals surface area contributed by atoms with Crippen LogP contribution in [0, 0.1) is 10.1 Å². The van der Waals surface area contributed by atoms with Crippen LogP contribution >= 0.6 is 0 Å². The number of methoxy groups -OCH3 is 1. The molecule has 0 bridgehead atoms. The molecule has 1 unspecified atom stereocenters. The summed E-state index contributed by atoms with van der Waals surface area (Å²) in [7, 11) is 1.41. The largest absolute Gasteiger partial charge is 0.481 e. The molecule has 0 N–H and O–H groups in total. The highest BCUT2D eigenvalue weighted by Crippen LogP contribution is 2.30. The van der Waals surface area contributed by atoms with Gasteiger partial charge in [0.05, 0.1) is 18.6 Å². The van der Waals surface area contributed by atoms with E-state index in [-0.39, 0.29) is 23.9 Å². The molecular formula is C12H16N2O5. The Hall–Kier alpha value is -2.18. The lowest BCUT2D eigenvalue weighted by molar-refractivity contribution is -0.386. The number of carbonyl (C=O) groups excluding carboxylic acids is 1. The van der Waals surface area contributed by atoms with Gasteiger partial charge in [0.15, 0.2) is 0 Å². The number of pyridine rings is 1. The molecule has 104 valence electrons. The summed E-state index contributed by atoms with van der Waals surface area (Å²) < 4.78 is 9.85. The van der Waals surface area contributed by atoms with Crippen molar-refractivity contribution in [3.05, 3.63) is 27.9 Å². The number of hydrogen-bond donors (Lipinski definition) is 0. The molecule has 1 aromatic rings. The fourth-order valence-electron chi connectivity index (χ4n) is 1.69. The number of ether oxygens (including phenoxy) is 2. The van der Waals surface area contributed by atoms with E-state index in [4.69, 9.17) is 9.47 Å². The van der Waals surface area contributed by atoms with Gasteiger partial charge in [-0.1, -0.05) is 6.92 Å². The van der Waals surface area contributed by atoms with Crippen molar-refractivity contribution in [1.82, 2.24) is 4.98 Å². The van der Waals surface area contributed by atoms with Crippen molar-refractivity contribution in [2.45, 2.75) is 26.2 Å². The lowest BCUT2D eigenvalue weighted by atomic mass is 10.0. The first-order valence-corrected chi connectivity index (χ1v) is 5.91. The first-order chi connectivity index (χ1) is 9.04. The van der Waals surface area contributed by atoms with Gasteiger partial charge in [0.25, 0.3) is 5.69 Å². The molecule has 0 aliphatic heterocycles. The van der Waals surface area contributed by atoms with Crippen LogP contribution in [0.2, 0.25) is 0 Å². The van der Waals surface area contributed by atoms with Crippen molar-refractivity contribution in [2.24, 2.45) is 0 Å². The number of rotatable bonds is 6. The zero-order chi connectivity index (χ0) is 14.4. The minimum absolute atomic E-state index is 0.0744. The average molecular weight is 268 g/mol. The van der Waals surface area contributed by atoms with Gasteiger partial charge in [0.2, 0.25) is 5.88 Å². The lowest BCUT2D eigenvalue weighted by Gasteiger charge is -2.13. The predicted octanol–water partition coefficient (Wildman–Crippen LogP) is 2.06. The third-order valence-electron chi connectivity index (χ3n) is 2.59. The van der Waals surface area contributed by atoms with Gasteiger partial charge >= 0.3 is 5.97 Å². The van der Waals surface area contributed by atoms with Crippen molar-refractivity contribution in [3.63, 3.8) is 0 Å². The molecule has 0 aromatic carbocycles. The van der Waals surface area contributed by atoms with Crippen LogP contribution in [0.4, 0.5) is 5.69 Å². The molecule has 0 amide bonds. The van der Waals surface area contributed by atoms with Gasteiger partial charge < -0.3 is 9.47 Å². The molecule has 19 heavy (non-hydrogen) atoms. The Morgan fingerprint density at radius 1 is 1.47 bits per heavy atom. The second kappa shape index (κ2) is 6.67. The number of esters is 1. The molecule has 1 aromatic heterocycles. The van der Waals surface area contributed by atoms with Gasteiger partial charge in [-0.05, 0) is 13.3 Å². The molecule has 7 nitrogen and oxygen atoms in total. The van der Waals surface area contributed by atoms with Crippen LogP contribution in [-0.4, -0.2) is 29.6 Å². The normalized spacial score (nSPS) is 11.7. The van der Waals surface area contributed by atoms with Crippen LogP contribution < -0.4 is 4.74 Å². The Morgan fingerprint density at radius 2 is 2.16 bits per heavy atom. The predicted molar refractivity (Wildman–Crippen MR) is 67.1 cm³/mol. The minimum atomic E-state index is -0.768. The summed E-state index contributed by atoms with van der Waals surface area (Å²) in [6.45, 7) is 3.64. The minimum Gasteiger partial charge on any atom is -0.481 e. The monoisotopic (exact) mass is 268 g/mol. The molecular weight excluding hydrogens is 252 g/mol. The van der Waals surface area contributed by atoms with Crippen molar-refractivity contribution in [3.8, 4) is 5.88 Å². The van der Waals surface area contributed by atoms with Crippen molar-refractivity contribution in [1.29, 1.82) is 0 Å². The molecule has 0 spiro atoms. The summed E-state index contributed by atoms with van der Waals surface area (Å²) in [6, 6.07) is 2.67. The molecule has 0 fully saturated rings. The Morgan fingerprint density at radius 3 is 2.63 bits per heavy atom. The van der Waals surface area contributed by atoms with Crippen molar-refractivity contribution >= 4 is 11.7 Å². The van der Waals surface area contributed by atoms with E-state index in [1.165, 1.54) is 19.2 Å². The fourth-order valence-corrected chi connectivity index (χ4v) is 1.69. The molecule has 0 aliphatic carbocycles. The molecule has 0 saturated heterocycles. The van der Waals surface area contributed by atoms with E-state index < -0.39 is 16.8 Å². The van der Waals surface area contributed by atoms with E-state index in [1.54, 1.807) is 13.8 Å². The zero-order valence-corrected chi connectivity index (χ0v) is 11.1. The Kier molecular flexibility index (Phi) is 5.23. The van der Waals surface area contributed by atoms with Crippen LogP contribution in [0.3, 0.4) is 0 Å². The zero-order valence-electron chi connectivity index (χ0n) is 11.1. The summed E-state index contributed by atoms with van der Waals surface area (Å²) in [4.78, 5) is 26.3. The number of nitro groups is 1. The highest BCUT2D eigenvalue weighted by Gasteiger charge is 2.30. The molecule has 1 heterocycles. The molecule has 1 atom stereocenters. The maximum absolute atomic E-state index is 11.8. The van der Waals surface area contributed by atoms with E-state index in [2.05, 4.69) is 4.98 Å². The first kappa shape index (κ1) is 14.9. The number of aromatic nitrogens is 1. The number of hydrogen-bond acceptors (Lipinski definition) is 6. The highest BCUT2D eigenvalue weighted by molar-refractivity contribution is 5.79. The van der Waals surface area contributed by atoms with E-state index in [0.29, 0.717) is 6.42 Å². The van der Waals surface area contributed by atoms with E-state index in [1.807, 2.05) is 0 Å². The first-order valence-electron chi connectivity index (χ1n) is 5.91. The third-order valence-corrected chi connectivity index (χ3v) is 2.59. The Labute approximate surface area is 110 Å². The fraction of sp³-hybridized carbons (Fsp3) is 0.500. The molecule has 0 saturated carbocycles. The highest BCUT2D eigenvalue weighted by atomic mass is 16.6. The van der Waals surface area contributed by atoms with Crippen molar-refractivity contribution < 1.29 is 19.2 Å². The third kappa shape index (κ3) is 3.40. The van der Waals surface area contributed by atoms with Crippen LogP contribution in [0.1, 0.15) is 31.9 Å². The van der Waals surface area contributed by atoms with Crippen LogP contribution in [0.5, 0.6) is 5.88 Å². The molecule has 0 aliphatic rings. The molecule has 1 rings (SSSR count). The second-order valence-corrected chi connectivity index (χ2v) is 3.73. The Bertz CT molecular complexity index is 475. The standard InChI is InChI=1S/C12H16N2O5/c1-4-8(12(15)19-5-2)11-9(14(16)17)6-7-10(13-11)18-3/h6-8H,4-5H2,1-3H3. The van der Waals surface area contributed by atoms with E-state index in [0.717, 1.165) is 0 Å². The Balaban J connectivity index is 3.26. The summed E-state index contributed by atoms with van der Waals surface area (Å²) in [5.74, 6) is -1.06. The number of nitrogens with zero attached hydrogens (tertiary/aromatic N) is 2. The SMILES string of the molecule is CCOC(=O)C(CC)c1nc(OC)ccc1[N+](=O)[O-]. The second-order valence-electron chi connectivity index (χ2n) is 3.73. The van der Waals surface area contributed by atoms with Gasteiger partial charge in [-0.15, -0.1) is 0 Å². The van der Waals surface area contributed by atoms with Crippen LogP contribution in [0.15, 0.2) is 12.1 Å². The van der Waals surface area contributed by atoms with Crippen LogP contribution in [0.25, 0.3) is 0 Å². The number of carbonyl (C=O) groups is 1. The van der Waals surface area contributed by atoms with Gasteiger partial charge in [-0.3, -0.25) is 14.9 Å². The smallest absolute Gasteiger partial charge is 0.315 e. The molecule has 0 radical (unpaired) electrons. The summed E-state index contributed by atoms with van der Waals surface area (Å²) in [5, 5.41) is 11.0. The van der Waals surface area contributed by atoms with Gasteiger partial charge in [0, 0.05) is 12.1 Å². The quantitative estimate of drug-likeness (QED) is 0.445. The molecule has 7 heteroatoms. The van der Waals surface area contributed by atoms with E-state index >= 15 is 0 Å². The van der Waals surface area contributed by atoms with Gasteiger partial charge in [-0.2, -0.15) is 0 Å². The average Bonchev–Trinajstić information content (AvgIpc) is 2.39. The lowest BCUT2D eigenvalue weighted by Crippen LogP contribution is -2.18. The topological polar surface area (TPSA) is 91.6 Å². The van der Waals surface area contributed by atoms with E-state index in [9.17, 15) is 14.9 Å². The van der Waals surface area contributed by atoms with Crippen molar-refractivity contribution in [2.75, 3.05) is 13.7 Å². The van der Waals surface area contributed by atoms with Gasteiger partial charge in [0.1, 0.15) is 11.6 Å². The van der Waals surface area contributed by atoms with Gasteiger partial charge in [-0.25, -0.2) is 4.98 Å². The maximum atomic E-state index is 11.8. The summed E-state index contributed by atoms with van der Waals surface area (Å²) in [5.41, 5.74) is -0.133.